The van der Waals surface area contributed by atoms with Crippen LogP contribution in [-0.2, 0) is 30.5 Å². The Morgan fingerprint density at radius 3 is 2.75 bits per heavy atom. The smallest absolute Gasteiger partial charge is 1.00 e. The van der Waals surface area contributed by atoms with Crippen molar-refractivity contribution in [1.29, 1.82) is 0 Å². The van der Waals surface area contributed by atoms with Crippen LogP contribution in [0.5, 0.6) is 0 Å². The largest absolute Gasteiger partial charge is 1.00 e. The number of carboxylic acids is 1. The van der Waals surface area contributed by atoms with Crippen molar-refractivity contribution in [3.05, 3.63) is 11.5 Å². The van der Waals surface area contributed by atoms with Crippen LogP contribution in [0.1, 0.15) is 21.2 Å². The standard InChI is InChI=1S/C17H19N7O6S.Na.H/c1-7(25)22-4-9-12-14(22)15(27)24(12)13(16(28)29)10(30-9)6-31-17-19-20-21-23(17)5-11(26)18-8-2-3-8;;/h8-9,12,14H,2-6H2,1H3,(H,18,26)(H,28,29);;/q;+1;-1/t9-,12-,14+;;/m1../s1. The molecular formula is C17H20N7NaO6S. The molecule has 3 fully saturated rings. The van der Waals surface area contributed by atoms with Gasteiger partial charge in [0, 0.05) is 13.0 Å². The molecule has 1 saturated carbocycles. The van der Waals surface area contributed by atoms with Crippen molar-refractivity contribution in [3.63, 3.8) is 0 Å². The number of likely N-dealkylation sites (tertiary alicyclic amines) is 1. The Labute approximate surface area is 209 Å². The van der Waals surface area contributed by atoms with E-state index in [1.807, 2.05) is 0 Å². The number of carbonyl (C=O) groups excluding carboxylic acids is 3. The number of carbonyl (C=O) groups is 4. The number of hydrogen-bond acceptors (Lipinski definition) is 9. The minimum atomic E-state index is -1.29. The molecule has 4 aliphatic rings. The molecule has 1 aromatic rings. The third kappa shape index (κ3) is 3.89. The molecule has 0 unspecified atom stereocenters. The van der Waals surface area contributed by atoms with Gasteiger partial charge in [0.05, 0.1) is 12.3 Å². The van der Waals surface area contributed by atoms with Crippen LogP contribution in [0.3, 0.4) is 0 Å². The zero-order valence-electron chi connectivity index (χ0n) is 18.4. The van der Waals surface area contributed by atoms with Gasteiger partial charge in [-0.05, 0) is 23.3 Å². The summed E-state index contributed by atoms with van der Waals surface area (Å²) in [7, 11) is 0. The molecule has 2 N–H and O–H groups in total. The molecule has 3 aliphatic heterocycles. The first kappa shape index (κ1) is 23.0. The third-order valence-electron chi connectivity index (χ3n) is 5.68. The molecule has 0 radical (unpaired) electrons. The zero-order chi connectivity index (χ0) is 21.9. The second kappa shape index (κ2) is 8.65. The van der Waals surface area contributed by atoms with Crippen LogP contribution in [0, 0.1) is 0 Å². The number of amides is 3. The number of tetrazole rings is 1. The maximum absolute atomic E-state index is 12.6. The van der Waals surface area contributed by atoms with Crippen molar-refractivity contribution in [3.8, 4) is 0 Å². The minimum Gasteiger partial charge on any atom is -1.00 e. The summed E-state index contributed by atoms with van der Waals surface area (Å²) in [6.07, 6.45) is 1.43. The summed E-state index contributed by atoms with van der Waals surface area (Å²) in [6.45, 7) is 1.53. The minimum absolute atomic E-state index is 0. The van der Waals surface area contributed by atoms with Gasteiger partial charge in [-0.2, -0.15) is 0 Å². The van der Waals surface area contributed by atoms with Crippen molar-refractivity contribution in [2.24, 2.45) is 0 Å². The van der Waals surface area contributed by atoms with E-state index in [9.17, 15) is 24.3 Å². The van der Waals surface area contributed by atoms with Gasteiger partial charge in [-0.15, -0.1) is 5.10 Å². The zero-order valence-corrected chi connectivity index (χ0v) is 20.2. The van der Waals surface area contributed by atoms with Crippen molar-refractivity contribution < 1.29 is 60.0 Å². The van der Waals surface area contributed by atoms with Crippen molar-refractivity contribution in [1.82, 2.24) is 35.3 Å². The molecule has 0 spiro atoms. The first-order valence-corrected chi connectivity index (χ1v) is 10.8. The van der Waals surface area contributed by atoms with Crippen LogP contribution in [0.2, 0.25) is 0 Å². The molecule has 1 aromatic heterocycles. The molecule has 3 atom stereocenters. The number of thioether (sulfide) groups is 1. The number of β-lactam (4-membered cyclic amide) rings is 1. The van der Waals surface area contributed by atoms with Crippen LogP contribution < -0.4 is 34.9 Å². The van der Waals surface area contributed by atoms with Crippen molar-refractivity contribution in [2.75, 3.05) is 12.3 Å². The van der Waals surface area contributed by atoms with E-state index in [1.54, 1.807) is 0 Å². The summed E-state index contributed by atoms with van der Waals surface area (Å²) in [5, 5.41) is 24.2. The van der Waals surface area contributed by atoms with E-state index in [4.69, 9.17) is 4.74 Å². The fourth-order valence-corrected chi connectivity index (χ4v) is 4.96. The van der Waals surface area contributed by atoms with E-state index in [0.717, 1.165) is 24.6 Å². The summed E-state index contributed by atoms with van der Waals surface area (Å²) in [6, 6.07) is -0.957. The molecule has 5 rings (SSSR count). The van der Waals surface area contributed by atoms with E-state index < -0.39 is 30.1 Å². The Kier molecular flexibility index (Phi) is 6.22. The fourth-order valence-electron chi connectivity index (χ4n) is 4.15. The molecule has 166 valence electrons. The van der Waals surface area contributed by atoms with Gasteiger partial charge in [-0.25, -0.2) is 9.48 Å². The number of nitrogens with one attached hydrogen (secondary N) is 1. The first-order chi connectivity index (χ1) is 14.8. The molecule has 3 amide bonds. The van der Waals surface area contributed by atoms with Crippen LogP contribution in [0.25, 0.3) is 0 Å². The Balaban J connectivity index is 0.00000153. The number of nitrogens with zero attached hydrogens (tertiary/aromatic N) is 6. The first-order valence-electron chi connectivity index (χ1n) is 9.77. The van der Waals surface area contributed by atoms with E-state index in [1.165, 1.54) is 21.4 Å². The maximum Gasteiger partial charge on any atom is 1.00 e. The molecule has 4 heterocycles. The van der Waals surface area contributed by atoms with Crippen LogP contribution in [0.4, 0.5) is 0 Å². The molecule has 0 bridgehead atoms. The SMILES string of the molecule is CC(=O)N1C[C@H]2OC(CSc3nnnn3CC(=O)NC3CC3)=C(C(=O)O)N3C(=O)[C@@H]1[C@@H]23.[H-].[Na+]. The topological polar surface area (TPSA) is 160 Å². The van der Waals surface area contributed by atoms with Gasteiger partial charge in [0.2, 0.25) is 17.0 Å². The summed E-state index contributed by atoms with van der Waals surface area (Å²) >= 11 is 1.10. The van der Waals surface area contributed by atoms with Crippen LogP contribution in [-0.4, -0.2) is 95.3 Å². The third-order valence-corrected chi connectivity index (χ3v) is 6.64. The monoisotopic (exact) mass is 473 g/mol. The number of hydrogen-bond donors (Lipinski definition) is 2. The molecule has 32 heavy (non-hydrogen) atoms. The van der Waals surface area contributed by atoms with Gasteiger partial charge in [0.25, 0.3) is 5.91 Å². The Hall–Kier alpha value is -2.16. The molecule has 0 aromatic carbocycles. The van der Waals surface area contributed by atoms with Crippen LogP contribution in [0.15, 0.2) is 16.6 Å². The summed E-state index contributed by atoms with van der Waals surface area (Å²) in [5.41, 5.74) is -0.231. The number of aliphatic carboxylic acids is 1. The predicted octanol–water partition coefficient (Wildman–Crippen LogP) is -4.70. The van der Waals surface area contributed by atoms with Crippen LogP contribution >= 0.6 is 11.8 Å². The van der Waals surface area contributed by atoms with Crippen molar-refractivity contribution in [2.45, 2.75) is 55.7 Å². The van der Waals surface area contributed by atoms with Gasteiger partial charge in [0.15, 0.2) is 5.70 Å². The molecule has 13 nitrogen and oxygen atoms in total. The van der Waals surface area contributed by atoms with Gasteiger partial charge in [-0.3, -0.25) is 19.3 Å². The van der Waals surface area contributed by atoms with Gasteiger partial charge >= 0.3 is 35.5 Å². The summed E-state index contributed by atoms with van der Waals surface area (Å²) in [4.78, 5) is 51.1. The number of ether oxygens (including phenoxy) is 1. The molecule has 2 saturated heterocycles. The maximum atomic E-state index is 12.6. The van der Waals surface area contributed by atoms with E-state index in [0.29, 0.717) is 5.16 Å². The Bertz CT molecular complexity index is 1030. The normalized spacial score (nSPS) is 25.5. The summed E-state index contributed by atoms with van der Waals surface area (Å²) < 4.78 is 7.25. The van der Waals surface area contributed by atoms with Gasteiger partial charge < -0.3 is 21.5 Å². The Morgan fingerprint density at radius 2 is 2.09 bits per heavy atom. The van der Waals surface area contributed by atoms with Crippen molar-refractivity contribution >= 4 is 35.5 Å². The molecule has 1 aliphatic carbocycles. The predicted molar refractivity (Wildman–Crippen MR) is 102 cm³/mol. The van der Waals surface area contributed by atoms with Gasteiger partial charge in [0.1, 0.15) is 30.5 Å². The Morgan fingerprint density at radius 1 is 1.34 bits per heavy atom. The fraction of sp³-hybridized carbons (Fsp3) is 0.588. The molecular weight excluding hydrogens is 453 g/mol. The van der Waals surface area contributed by atoms with E-state index in [2.05, 4.69) is 20.8 Å². The number of aromatic nitrogens is 4. The number of rotatable bonds is 7. The average Bonchev–Trinajstić information content (AvgIpc) is 3.28. The second-order valence-electron chi connectivity index (χ2n) is 7.80. The summed E-state index contributed by atoms with van der Waals surface area (Å²) in [5.74, 6) is -2.02. The second-order valence-corrected chi connectivity index (χ2v) is 8.74. The quantitative estimate of drug-likeness (QED) is 0.224. The average molecular weight is 473 g/mol. The number of carboxylic acid groups (broad SMARTS) is 1. The van der Waals surface area contributed by atoms with Gasteiger partial charge in [-0.1, -0.05) is 11.8 Å². The molecule has 15 heteroatoms. The van der Waals surface area contributed by atoms with E-state index in [-0.39, 0.29) is 79.1 Å². The van der Waals surface area contributed by atoms with E-state index >= 15 is 0 Å².